The van der Waals surface area contributed by atoms with Crippen LogP contribution in [-0.4, -0.2) is 17.8 Å². The largest absolute Gasteiger partial charge is 0.490 e. The summed E-state index contributed by atoms with van der Waals surface area (Å²) >= 11 is 11.5. The molecule has 2 heterocycles. The molecule has 1 atom stereocenters. The standard InChI is InChI=1S/C32H24BrClN2O3S/c1-3-15-39-30-25(34)16-19(17-26(30)38-4-2)18-27-31(37)36-29(21-9-12-22(33)13-10-21)24-14-11-20-7-5-6-8-23(20)28(24)35-32(36)40-27/h1,5-10,12-13,16-18,29H,4,11,14-15H2,2H3/b27-18+. The van der Waals surface area contributed by atoms with Gasteiger partial charge in [-0.1, -0.05) is 81.2 Å². The molecule has 1 aliphatic carbocycles. The van der Waals surface area contributed by atoms with Crippen LogP contribution in [0.4, 0.5) is 0 Å². The Morgan fingerprint density at radius 1 is 1.18 bits per heavy atom. The number of aryl methyl sites for hydroxylation is 1. The van der Waals surface area contributed by atoms with Crippen LogP contribution in [0.3, 0.4) is 0 Å². The maximum Gasteiger partial charge on any atom is 0.271 e. The molecule has 6 rings (SSSR count). The number of nitrogens with zero attached hydrogens (tertiary/aromatic N) is 2. The van der Waals surface area contributed by atoms with E-state index in [-0.39, 0.29) is 18.2 Å². The molecule has 0 spiro atoms. The van der Waals surface area contributed by atoms with Crippen LogP contribution in [0.1, 0.15) is 41.6 Å². The lowest BCUT2D eigenvalue weighted by Crippen LogP contribution is -2.38. The average Bonchev–Trinajstić information content (AvgIpc) is 3.26. The van der Waals surface area contributed by atoms with Crippen molar-refractivity contribution in [1.29, 1.82) is 0 Å². The van der Waals surface area contributed by atoms with Crippen LogP contribution in [0.2, 0.25) is 5.02 Å². The van der Waals surface area contributed by atoms with Crippen LogP contribution in [0.15, 0.2) is 80.5 Å². The zero-order chi connectivity index (χ0) is 27.8. The predicted molar refractivity (Wildman–Crippen MR) is 164 cm³/mol. The fourth-order valence-corrected chi connectivity index (χ4v) is 6.85. The Labute approximate surface area is 249 Å². The molecular formula is C32H24BrClN2O3S. The van der Waals surface area contributed by atoms with Crippen molar-refractivity contribution < 1.29 is 9.47 Å². The minimum Gasteiger partial charge on any atom is -0.490 e. The van der Waals surface area contributed by atoms with Gasteiger partial charge < -0.3 is 9.47 Å². The van der Waals surface area contributed by atoms with Gasteiger partial charge in [-0.15, -0.1) is 6.42 Å². The second kappa shape index (κ2) is 11.1. The molecule has 8 heteroatoms. The Hall–Kier alpha value is -3.57. The third-order valence-electron chi connectivity index (χ3n) is 6.99. The average molecular weight is 632 g/mol. The van der Waals surface area contributed by atoms with Crippen molar-refractivity contribution in [2.24, 2.45) is 4.99 Å². The Morgan fingerprint density at radius 2 is 1.98 bits per heavy atom. The molecule has 0 fully saturated rings. The van der Waals surface area contributed by atoms with E-state index >= 15 is 0 Å². The predicted octanol–water partition coefficient (Wildman–Crippen LogP) is 6.15. The molecule has 4 aromatic rings. The molecule has 200 valence electrons. The Morgan fingerprint density at radius 3 is 2.75 bits per heavy atom. The van der Waals surface area contributed by atoms with E-state index < -0.39 is 0 Å². The summed E-state index contributed by atoms with van der Waals surface area (Å²) in [4.78, 5) is 19.8. The lowest BCUT2D eigenvalue weighted by atomic mass is 9.83. The molecule has 3 aromatic carbocycles. The highest BCUT2D eigenvalue weighted by atomic mass is 79.9. The summed E-state index contributed by atoms with van der Waals surface area (Å²) in [5.74, 6) is 3.31. The minimum atomic E-state index is -0.239. The Kier molecular flexibility index (Phi) is 7.41. The van der Waals surface area contributed by atoms with Crippen molar-refractivity contribution in [3.05, 3.63) is 118 Å². The molecule has 0 bridgehead atoms. The van der Waals surface area contributed by atoms with Gasteiger partial charge in [-0.2, -0.15) is 0 Å². The van der Waals surface area contributed by atoms with Gasteiger partial charge in [0.05, 0.1) is 27.9 Å². The third kappa shape index (κ3) is 4.81. The first-order chi connectivity index (χ1) is 19.5. The van der Waals surface area contributed by atoms with Gasteiger partial charge in [0.25, 0.3) is 5.56 Å². The van der Waals surface area contributed by atoms with Gasteiger partial charge in [0.15, 0.2) is 16.3 Å². The fourth-order valence-electron chi connectivity index (χ4n) is 5.31. The van der Waals surface area contributed by atoms with E-state index in [1.54, 1.807) is 6.07 Å². The second-order valence-corrected chi connectivity index (χ2v) is 11.8. The van der Waals surface area contributed by atoms with Crippen LogP contribution in [0, 0.1) is 12.3 Å². The topological polar surface area (TPSA) is 52.8 Å². The summed E-state index contributed by atoms with van der Waals surface area (Å²) in [5.41, 5.74) is 6.23. The number of benzene rings is 3. The van der Waals surface area contributed by atoms with Gasteiger partial charge in [0.2, 0.25) is 0 Å². The van der Waals surface area contributed by atoms with Crippen LogP contribution in [0.5, 0.6) is 11.5 Å². The molecule has 0 saturated heterocycles. The summed E-state index contributed by atoms with van der Waals surface area (Å²) < 4.78 is 14.8. The number of fused-ring (bicyclic) bond motifs is 3. The van der Waals surface area contributed by atoms with E-state index in [1.807, 2.05) is 41.8 Å². The number of terminal acetylenes is 1. The summed E-state index contributed by atoms with van der Waals surface area (Å²) in [6, 6.07) is 19.9. The number of hydrogen-bond acceptors (Lipinski definition) is 5. The maximum atomic E-state index is 14.0. The van der Waals surface area contributed by atoms with Gasteiger partial charge in [0.1, 0.15) is 6.61 Å². The number of halogens is 2. The monoisotopic (exact) mass is 630 g/mol. The lowest BCUT2D eigenvalue weighted by Gasteiger charge is -2.30. The minimum absolute atomic E-state index is 0.0710. The fraction of sp³-hybridized carbons (Fsp3) is 0.188. The molecule has 2 aliphatic rings. The van der Waals surface area contributed by atoms with Crippen molar-refractivity contribution in [1.82, 2.24) is 4.57 Å². The van der Waals surface area contributed by atoms with Crippen molar-refractivity contribution in [2.75, 3.05) is 13.2 Å². The van der Waals surface area contributed by atoms with E-state index in [0.29, 0.717) is 32.5 Å². The quantitative estimate of drug-likeness (QED) is 0.240. The molecule has 1 unspecified atom stereocenters. The molecule has 0 N–H and O–H groups in total. The number of allylic oxidation sites excluding steroid dienone is 1. The van der Waals surface area contributed by atoms with Crippen molar-refractivity contribution in [3.63, 3.8) is 0 Å². The number of aromatic nitrogens is 1. The third-order valence-corrected chi connectivity index (χ3v) is 8.78. The van der Waals surface area contributed by atoms with Gasteiger partial charge in [-0.05, 0) is 72.4 Å². The Bertz CT molecular complexity index is 1880. The summed E-state index contributed by atoms with van der Waals surface area (Å²) in [7, 11) is 0. The molecule has 0 amide bonds. The van der Waals surface area contributed by atoms with E-state index in [0.717, 1.165) is 45.3 Å². The first-order valence-corrected chi connectivity index (χ1v) is 14.9. The Balaban J connectivity index is 1.54. The maximum absolute atomic E-state index is 14.0. The highest BCUT2D eigenvalue weighted by Crippen LogP contribution is 2.41. The zero-order valence-electron chi connectivity index (χ0n) is 21.6. The SMILES string of the molecule is C#CCOc1c(Cl)cc(/C=c2/sc3n(c2=O)C(c2ccc(Br)cc2)C2=C(N=3)c3ccccc3CC2)cc1OCC. The van der Waals surface area contributed by atoms with Crippen LogP contribution in [-0.2, 0) is 6.42 Å². The molecule has 1 aromatic heterocycles. The number of hydrogen-bond donors (Lipinski definition) is 0. The van der Waals surface area contributed by atoms with Crippen molar-refractivity contribution in [3.8, 4) is 23.8 Å². The number of thiazole rings is 1. The second-order valence-electron chi connectivity index (χ2n) is 9.42. The van der Waals surface area contributed by atoms with Crippen LogP contribution >= 0.6 is 38.9 Å². The molecule has 40 heavy (non-hydrogen) atoms. The first-order valence-electron chi connectivity index (χ1n) is 12.9. The molecular weight excluding hydrogens is 608 g/mol. The van der Waals surface area contributed by atoms with Crippen molar-refractivity contribution >= 4 is 50.6 Å². The highest BCUT2D eigenvalue weighted by Gasteiger charge is 2.32. The highest BCUT2D eigenvalue weighted by molar-refractivity contribution is 9.10. The number of ether oxygens (including phenoxy) is 2. The van der Waals surface area contributed by atoms with Gasteiger partial charge in [0, 0.05) is 10.0 Å². The van der Waals surface area contributed by atoms with E-state index in [9.17, 15) is 4.79 Å². The van der Waals surface area contributed by atoms with Gasteiger partial charge >= 0.3 is 0 Å². The molecule has 1 aliphatic heterocycles. The summed E-state index contributed by atoms with van der Waals surface area (Å²) in [5, 5.41) is 0.361. The summed E-state index contributed by atoms with van der Waals surface area (Å²) in [6.07, 6.45) is 8.95. The van der Waals surface area contributed by atoms with E-state index in [1.165, 1.54) is 16.9 Å². The molecule has 0 saturated carbocycles. The lowest BCUT2D eigenvalue weighted by molar-refractivity contribution is 0.299. The normalized spacial score (nSPS) is 15.9. The van der Waals surface area contributed by atoms with Gasteiger partial charge in [-0.3, -0.25) is 9.36 Å². The van der Waals surface area contributed by atoms with Crippen LogP contribution < -0.4 is 24.4 Å². The zero-order valence-corrected chi connectivity index (χ0v) is 24.8. The van der Waals surface area contributed by atoms with Crippen LogP contribution in [0.25, 0.3) is 11.8 Å². The van der Waals surface area contributed by atoms with Crippen molar-refractivity contribution in [2.45, 2.75) is 25.8 Å². The first kappa shape index (κ1) is 26.6. The molecule has 5 nitrogen and oxygen atoms in total. The number of rotatable bonds is 6. The smallest absolute Gasteiger partial charge is 0.271 e. The van der Waals surface area contributed by atoms with E-state index in [2.05, 4.69) is 52.2 Å². The van der Waals surface area contributed by atoms with Gasteiger partial charge in [-0.25, -0.2) is 4.99 Å². The van der Waals surface area contributed by atoms with E-state index in [4.69, 9.17) is 32.5 Å². The molecule has 0 radical (unpaired) electrons. The summed E-state index contributed by atoms with van der Waals surface area (Å²) in [6.45, 7) is 2.38.